The molecular weight excluding hydrogens is 240 g/mol. The molecule has 0 heterocycles. The van der Waals surface area contributed by atoms with Gasteiger partial charge in [0.05, 0.1) is 16.1 Å². The molecule has 18 heavy (non-hydrogen) atoms. The third kappa shape index (κ3) is 2.07. The summed E-state index contributed by atoms with van der Waals surface area (Å²) < 4.78 is 27.3. The molecule has 0 aliphatic carbocycles. The molecule has 0 spiro atoms. The highest BCUT2D eigenvalue weighted by Crippen LogP contribution is 2.34. The van der Waals surface area contributed by atoms with Crippen LogP contribution < -0.4 is 0 Å². The number of aryl methyl sites for hydroxylation is 1. The van der Waals surface area contributed by atoms with Crippen LogP contribution in [0.25, 0.3) is 11.1 Å². The lowest BCUT2D eigenvalue weighted by Gasteiger charge is -2.07. The Labute approximate surface area is 102 Å². The van der Waals surface area contributed by atoms with Gasteiger partial charge in [0.2, 0.25) is 0 Å². The van der Waals surface area contributed by atoms with Crippen molar-refractivity contribution in [1.82, 2.24) is 0 Å². The zero-order valence-corrected chi connectivity index (χ0v) is 9.48. The standard InChI is InChI=1S/C13H9F2NO2/c1-8-5-6-12(16(17)18)9(7-8)13-10(14)3-2-4-11(13)15/h2-7H,1H3. The number of hydrogen-bond donors (Lipinski definition) is 0. The molecule has 0 aliphatic heterocycles. The number of nitro benzene ring substituents is 1. The number of nitrogens with zero attached hydrogens (tertiary/aromatic N) is 1. The predicted molar refractivity (Wildman–Crippen MR) is 63.2 cm³/mol. The lowest BCUT2D eigenvalue weighted by molar-refractivity contribution is -0.384. The highest BCUT2D eigenvalue weighted by atomic mass is 19.1. The molecule has 5 heteroatoms. The van der Waals surface area contributed by atoms with Crippen molar-refractivity contribution < 1.29 is 13.7 Å². The SMILES string of the molecule is Cc1ccc([N+](=O)[O-])c(-c2c(F)cccc2F)c1. The lowest BCUT2D eigenvalue weighted by atomic mass is 10.0. The maximum atomic E-state index is 13.6. The van der Waals surface area contributed by atoms with Gasteiger partial charge in [-0.1, -0.05) is 17.7 Å². The minimum absolute atomic E-state index is 0.0457. The number of benzene rings is 2. The fraction of sp³-hybridized carbons (Fsp3) is 0.0769. The molecule has 0 bridgehead atoms. The summed E-state index contributed by atoms with van der Waals surface area (Å²) in [5.74, 6) is -1.63. The molecule has 0 fully saturated rings. The van der Waals surface area contributed by atoms with Crippen LogP contribution in [0.3, 0.4) is 0 Å². The van der Waals surface area contributed by atoms with Crippen LogP contribution in [0.4, 0.5) is 14.5 Å². The van der Waals surface area contributed by atoms with Gasteiger partial charge < -0.3 is 0 Å². The van der Waals surface area contributed by atoms with Gasteiger partial charge in [-0.05, 0) is 25.1 Å². The molecular formula is C13H9F2NO2. The molecule has 0 N–H and O–H groups in total. The number of hydrogen-bond acceptors (Lipinski definition) is 2. The Hall–Kier alpha value is -2.30. The average Bonchev–Trinajstić information content (AvgIpc) is 2.28. The van der Waals surface area contributed by atoms with Crippen molar-refractivity contribution in [3.63, 3.8) is 0 Å². The molecule has 2 aromatic carbocycles. The van der Waals surface area contributed by atoms with E-state index >= 15 is 0 Å². The van der Waals surface area contributed by atoms with Crippen LogP contribution in [0, 0.1) is 28.7 Å². The van der Waals surface area contributed by atoms with Gasteiger partial charge in [0.15, 0.2) is 0 Å². The molecule has 0 unspecified atom stereocenters. The van der Waals surface area contributed by atoms with Crippen molar-refractivity contribution in [3.05, 3.63) is 63.7 Å². The molecule has 0 atom stereocenters. The number of halogens is 2. The molecule has 0 saturated heterocycles. The zero-order chi connectivity index (χ0) is 13.3. The summed E-state index contributed by atoms with van der Waals surface area (Å²) in [6.45, 7) is 1.70. The fourth-order valence-corrected chi connectivity index (χ4v) is 1.76. The minimum atomic E-state index is -0.816. The van der Waals surface area contributed by atoms with Crippen LogP contribution in [0.1, 0.15) is 5.56 Å². The van der Waals surface area contributed by atoms with Crippen molar-refractivity contribution in [1.29, 1.82) is 0 Å². The quantitative estimate of drug-likeness (QED) is 0.599. The Balaban J connectivity index is 2.77. The lowest BCUT2D eigenvalue weighted by Crippen LogP contribution is -1.96. The minimum Gasteiger partial charge on any atom is -0.258 e. The first-order chi connectivity index (χ1) is 8.50. The summed E-state index contributed by atoms with van der Waals surface area (Å²) in [6.07, 6.45) is 0. The summed E-state index contributed by atoms with van der Waals surface area (Å²) >= 11 is 0. The normalized spacial score (nSPS) is 10.4. The first-order valence-corrected chi connectivity index (χ1v) is 5.20. The van der Waals surface area contributed by atoms with E-state index in [-0.39, 0.29) is 16.8 Å². The van der Waals surface area contributed by atoms with E-state index in [0.717, 1.165) is 12.1 Å². The predicted octanol–water partition coefficient (Wildman–Crippen LogP) is 3.85. The van der Waals surface area contributed by atoms with Gasteiger partial charge in [0.1, 0.15) is 11.6 Å². The summed E-state index contributed by atoms with van der Waals surface area (Å²) in [7, 11) is 0. The van der Waals surface area contributed by atoms with E-state index in [1.807, 2.05) is 0 Å². The third-order valence-electron chi connectivity index (χ3n) is 2.58. The van der Waals surface area contributed by atoms with Crippen LogP contribution in [-0.2, 0) is 0 Å². The Morgan fingerprint density at radius 2 is 1.72 bits per heavy atom. The van der Waals surface area contributed by atoms with Crippen molar-refractivity contribution >= 4 is 5.69 Å². The molecule has 0 radical (unpaired) electrons. The van der Waals surface area contributed by atoms with Gasteiger partial charge in [-0.2, -0.15) is 0 Å². The molecule has 3 nitrogen and oxygen atoms in total. The van der Waals surface area contributed by atoms with Crippen LogP contribution in [0.5, 0.6) is 0 Å². The topological polar surface area (TPSA) is 43.1 Å². The Morgan fingerprint density at radius 3 is 2.28 bits per heavy atom. The van der Waals surface area contributed by atoms with Crippen molar-refractivity contribution in [2.24, 2.45) is 0 Å². The van der Waals surface area contributed by atoms with Crippen LogP contribution >= 0.6 is 0 Å². The summed E-state index contributed by atoms with van der Waals surface area (Å²) in [6, 6.07) is 7.54. The Morgan fingerprint density at radius 1 is 1.11 bits per heavy atom. The van der Waals surface area contributed by atoms with E-state index in [1.165, 1.54) is 24.3 Å². The Bertz CT molecular complexity index is 606. The fourth-order valence-electron chi connectivity index (χ4n) is 1.76. The van der Waals surface area contributed by atoms with E-state index in [9.17, 15) is 18.9 Å². The molecule has 2 aromatic rings. The largest absolute Gasteiger partial charge is 0.277 e. The van der Waals surface area contributed by atoms with Gasteiger partial charge in [-0.15, -0.1) is 0 Å². The summed E-state index contributed by atoms with van der Waals surface area (Å²) in [4.78, 5) is 10.2. The molecule has 2 rings (SSSR count). The Kier molecular flexibility index (Phi) is 3.06. The summed E-state index contributed by atoms with van der Waals surface area (Å²) in [5, 5.41) is 10.9. The van der Waals surface area contributed by atoms with Gasteiger partial charge in [-0.25, -0.2) is 8.78 Å². The molecule has 0 amide bonds. The molecule has 0 aromatic heterocycles. The monoisotopic (exact) mass is 249 g/mol. The van der Waals surface area contributed by atoms with E-state index in [4.69, 9.17) is 0 Å². The summed E-state index contributed by atoms with van der Waals surface area (Å²) in [5.41, 5.74) is -0.0358. The van der Waals surface area contributed by atoms with Gasteiger partial charge >= 0.3 is 0 Å². The highest BCUT2D eigenvalue weighted by molar-refractivity contribution is 5.75. The number of rotatable bonds is 2. The van der Waals surface area contributed by atoms with Gasteiger partial charge in [-0.3, -0.25) is 10.1 Å². The highest BCUT2D eigenvalue weighted by Gasteiger charge is 2.21. The maximum Gasteiger partial charge on any atom is 0.277 e. The first-order valence-electron chi connectivity index (χ1n) is 5.20. The van der Waals surface area contributed by atoms with E-state index in [1.54, 1.807) is 6.92 Å². The maximum absolute atomic E-state index is 13.6. The molecule has 0 saturated carbocycles. The van der Waals surface area contributed by atoms with Gasteiger partial charge in [0, 0.05) is 6.07 Å². The van der Waals surface area contributed by atoms with E-state index in [0.29, 0.717) is 5.56 Å². The van der Waals surface area contributed by atoms with Crippen molar-refractivity contribution in [3.8, 4) is 11.1 Å². The average molecular weight is 249 g/mol. The molecule has 92 valence electrons. The van der Waals surface area contributed by atoms with Gasteiger partial charge in [0.25, 0.3) is 5.69 Å². The molecule has 0 aliphatic rings. The first kappa shape index (κ1) is 12.2. The zero-order valence-electron chi connectivity index (χ0n) is 9.48. The van der Waals surface area contributed by atoms with Crippen LogP contribution in [0.15, 0.2) is 36.4 Å². The second kappa shape index (κ2) is 4.52. The van der Waals surface area contributed by atoms with Crippen LogP contribution in [0.2, 0.25) is 0 Å². The van der Waals surface area contributed by atoms with Crippen molar-refractivity contribution in [2.75, 3.05) is 0 Å². The second-order valence-corrected chi connectivity index (χ2v) is 3.87. The number of nitro groups is 1. The van der Waals surface area contributed by atoms with E-state index in [2.05, 4.69) is 0 Å². The third-order valence-corrected chi connectivity index (χ3v) is 2.58. The smallest absolute Gasteiger partial charge is 0.258 e. The van der Waals surface area contributed by atoms with E-state index < -0.39 is 16.6 Å². The second-order valence-electron chi connectivity index (χ2n) is 3.87. The van der Waals surface area contributed by atoms with Crippen molar-refractivity contribution in [2.45, 2.75) is 6.92 Å². The van der Waals surface area contributed by atoms with Crippen LogP contribution in [-0.4, -0.2) is 4.92 Å².